The summed E-state index contributed by atoms with van der Waals surface area (Å²) >= 11 is 6.04. The third kappa shape index (κ3) is 4.73. The van der Waals surface area contributed by atoms with Crippen molar-refractivity contribution in [2.75, 3.05) is 39.1 Å². The number of hydrogen-bond acceptors (Lipinski definition) is 3. The van der Waals surface area contributed by atoms with Crippen LogP contribution < -0.4 is 10.2 Å². The fraction of sp³-hybridized carbons (Fsp3) is 0.500. The maximum absolute atomic E-state index is 11.8. The summed E-state index contributed by atoms with van der Waals surface area (Å²) < 4.78 is 0. The molecule has 4 nitrogen and oxygen atoms in total. The fourth-order valence-corrected chi connectivity index (χ4v) is 1.95. The van der Waals surface area contributed by atoms with Crippen molar-refractivity contribution in [3.8, 4) is 0 Å². The molecule has 0 unspecified atom stereocenters. The number of likely N-dealkylation sites (N-methyl/N-ethyl adjacent to an activating group) is 2. The summed E-state index contributed by atoms with van der Waals surface area (Å²) in [5.74, 6) is 0.0758. The standard InChI is InChI=1S/C14H22ClN3O/c1-5-16-9-11-8-12(15)6-7-13(11)18(4)10-14(19)17(2)3/h6-8,16H,5,9-10H2,1-4H3. The van der Waals surface area contributed by atoms with Gasteiger partial charge in [-0.25, -0.2) is 0 Å². The fourth-order valence-electron chi connectivity index (χ4n) is 1.76. The summed E-state index contributed by atoms with van der Waals surface area (Å²) in [6, 6.07) is 5.75. The van der Waals surface area contributed by atoms with E-state index >= 15 is 0 Å². The Morgan fingerprint density at radius 1 is 1.32 bits per heavy atom. The molecule has 106 valence electrons. The van der Waals surface area contributed by atoms with Crippen LogP contribution in [0.4, 0.5) is 5.69 Å². The summed E-state index contributed by atoms with van der Waals surface area (Å²) in [5.41, 5.74) is 2.13. The minimum absolute atomic E-state index is 0.0758. The smallest absolute Gasteiger partial charge is 0.241 e. The molecule has 1 N–H and O–H groups in total. The lowest BCUT2D eigenvalue weighted by molar-refractivity contribution is -0.127. The Balaban J connectivity index is 2.88. The number of nitrogens with one attached hydrogen (secondary N) is 1. The van der Waals surface area contributed by atoms with Gasteiger partial charge < -0.3 is 15.1 Å². The SMILES string of the molecule is CCNCc1cc(Cl)ccc1N(C)CC(=O)N(C)C. The van der Waals surface area contributed by atoms with Gasteiger partial charge in [-0.2, -0.15) is 0 Å². The van der Waals surface area contributed by atoms with Gasteiger partial charge in [-0.1, -0.05) is 18.5 Å². The molecule has 0 bridgehead atoms. The lowest BCUT2D eigenvalue weighted by Gasteiger charge is -2.24. The predicted molar refractivity (Wildman–Crippen MR) is 80.8 cm³/mol. The lowest BCUT2D eigenvalue weighted by Crippen LogP contribution is -2.35. The van der Waals surface area contributed by atoms with Crippen molar-refractivity contribution in [1.29, 1.82) is 0 Å². The molecule has 1 amide bonds. The van der Waals surface area contributed by atoms with Gasteiger partial charge in [-0.3, -0.25) is 4.79 Å². The molecule has 0 radical (unpaired) electrons. The van der Waals surface area contributed by atoms with Crippen LogP contribution in [0.5, 0.6) is 0 Å². The van der Waals surface area contributed by atoms with Gasteiger partial charge in [-0.05, 0) is 30.3 Å². The molecule has 0 aliphatic heterocycles. The van der Waals surface area contributed by atoms with Gasteiger partial charge in [0.05, 0.1) is 6.54 Å². The van der Waals surface area contributed by atoms with E-state index < -0.39 is 0 Å². The summed E-state index contributed by atoms with van der Waals surface area (Å²) in [6.07, 6.45) is 0. The zero-order valence-electron chi connectivity index (χ0n) is 12.0. The molecule has 0 fully saturated rings. The molecule has 0 saturated carbocycles. The molecule has 1 aromatic rings. The van der Waals surface area contributed by atoms with Gasteiger partial charge in [0.2, 0.25) is 5.91 Å². The van der Waals surface area contributed by atoms with Crippen molar-refractivity contribution in [3.63, 3.8) is 0 Å². The Morgan fingerprint density at radius 3 is 2.58 bits per heavy atom. The van der Waals surface area contributed by atoms with Crippen molar-refractivity contribution in [2.24, 2.45) is 0 Å². The second-order valence-electron chi connectivity index (χ2n) is 4.70. The van der Waals surface area contributed by atoms with E-state index in [9.17, 15) is 4.79 Å². The molecule has 1 rings (SSSR count). The molecule has 0 aliphatic rings. The van der Waals surface area contributed by atoms with Gasteiger partial charge in [0.1, 0.15) is 0 Å². The highest BCUT2D eigenvalue weighted by molar-refractivity contribution is 6.30. The van der Waals surface area contributed by atoms with Crippen molar-refractivity contribution >= 4 is 23.2 Å². The van der Waals surface area contributed by atoms with Gasteiger partial charge in [0, 0.05) is 38.4 Å². The minimum atomic E-state index is 0.0758. The Hall–Kier alpha value is -1.26. The zero-order chi connectivity index (χ0) is 14.4. The minimum Gasteiger partial charge on any atom is -0.365 e. The van der Waals surface area contributed by atoms with E-state index in [1.807, 2.05) is 30.1 Å². The molecule has 5 heteroatoms. The molecular formula is C14H22ClN3O. The second-order valence-corrected chi connectivity index (χ2v) is 5.13. The first kappa shape index (κ1) is 15.8. The van der Waals surface area contributed by atoms with E-state index in [-0.39, 0.29) is 5.91 Å². The average Bonchev–Trinajstić information content (AvgIpc) is 2.35. The molecule has 0 spiro atoms. The zero-order valence-corrected chi connectivity index (χ0v) is 12.8. The first-order chi connectivity index (χ1) is 8.95. The van der Waals surface area contributed by atoms with Gasteiger partial charge in [-0.15, -0.1) is 0 Å². The summed E-state index contributed by atoms with van der Waals surface area (Å²) in [4.78, 5) is 15.3. The topological polar surface area (TPSA) is 35.6 Å². The molecule has 0 saturated heterocycles. The monoisotopic (exact) mass is 283 g/mol. The highest BCUT2D eigenvalue weighted by Crippen LogP contribution is 2.23. The number of amides is 1. The maximum Gasteiger partial charge on any atom is 0.241 e. The van der Waals surface area contributed by atoms with Crippen LogP contribution in [0.1, 0.15) is 12.5 Å². The van der Waals surface area contributed by atoms with Crippen molar-refractivity contribution in [3.05, 3.63) is 28.8 Å². The van der Waals surface area contributed by atoms with Crippen molar-refractivity contribution < 1.29 is 4.79 Å². The Morgan fingerprint density at radius 2 is 2.00 bits per heavy atom. The lowest BCUT2D eigenvalue weighted by atomic mass is 10.1. The first-order valence-electron chi connectivity index (χ1n) is 6.36. The van der Waals surface area contributed by atoms with Crippen LogP contribution in [0.25, 0.3) is 0 Å². The number of hydrogen-bond donors (Lipinski definition) is 1. The Labute approximate surface area is 120 Å². The molecule has 0 heterocycles. The van der Waals surface area contributed by atoms with E-state index in [0.717, 1.165) is 24.3 Å². The van der Waals surface area contributed by atoms with Crippen LogP contribution in [0, 0.1) is 0 Å². The molecule has 19 heavy (non-hydrogen) atoms. The van der Waals surface area contributed by atoms with E-state index in [4.69, 9.17) is 11.6 Å². The second kappa shape index (κ2) is 7.36. The van der Waals surface area contributed by atoms with Gasteiger partial charge >= 0.3 is 0 Å². The Bertz CT molecular complexity index is 435. The van der Waals surface area contributed by atoms with E-state index in [0.29, 0.717) is 11.6 Å². The van der Waals surface area contributed by atoms with Crippen LogP contribution >= 0.6 is 11.6 Å². The molecule has 1 aromatic carbocycles. The largest absolute Gasteiger partial charge is 0.365 e. The average molecular weight is 284 g/mol. The summed E-state index contributed by atoms with van der Waals surface area (Å²) in [6.45, 7) is 4.05. The van der Waals surface area contributed by atoms with Crippen LogP contribution in [0.3, 0.4) is 0 Å². The van der Waals surface area contributed by atoms with Gasteiger partial charge in [0.15, 0.2) is 0 Å². The molecule has 0 aliphatic carbocycles. The van der Waals surface area contributed by atoms with Crippen LogP contribution in [0.2, 0.25) is 5.02 Å². The third-order valence-corrected chi connectivity index (χ3v) is 3.12. The summed E-state index contributed by atoms with van der Waals surface area (Å²) in [5, 5.41) is 3.99. The Kier molecular flexibility index (Phi) is 6.12. The molecule has 0 aromatic heterocycles. The predicted octanol–water partition coefficient (Wildman–Crippen LogP) is 1.97. The number of carbonyl (C=O) groups excluding carboxylic acids is 1. The first-order valence-corrected chi connectivity index (χ1v) is 6.74. The van der Waals surface area contributed by atoms with Crippen molar-refractivity contribution in [2.45, 2.75) is 13.5 Å². The highest BCUT2D eigenvalue weighted by Gasteiger charge is 2.12. The van der Waals surface area contributed by atoms with Crippen molar-refractivity contribution in [1.82, 2.24) is 10.2 Å². The van der Waals surface area contributed by atoms with E-state index in [2.05, 4.69) is 12.2 Å². The third-order valence-electron chi connectivity index (χ3n) is 2.89. The van der Waals surface area contributed by atoms with Crippen LogP contribution in [-0.2, 0) is 11.3 Å². The molecular weight excluding hydrogens is 262 g/mol. The number of nitrogens with zero attached hydrogens (tertiary/aromatic N) is 2. The number of halogens is 1. The maximum atomic E-state index is 11.8. The van der Waals surface area contributed by atoms with Gasteiger partial charge in [0.25, 0.3) is 0 Å². The summed E-state index contributed by atoms with van der Waals surface area (Å²) in [7, 11) is 5.44. The van der Waals surface area contributed by atoms with Crippen LogP contribution in [0.15, 0.2) is 18.2 Å². The van der Waals surface area contributed by atoms with E-state index in [1.54, 1.807) is 19.0 Å². The quantitative estimate of drug-likeness (QED) is 0.867. The molecule has 0 atom stereocenters. The van der Waals surface area contributed by atoms with Crippen LogP contribution in [-0.4, -0.2) is 45.0 Å². The highest BCUT2D eigenvalue weighted by atomic mass is 35.5. The number of benzene rings is 1. The normalized spacial score (nSPS) is 10.4. The van der Waals surface area contributed by atoms with E-state index in [1.165, 1.54) is 0 Å². The number of carbonyl (C=O) groups is 1. The number of anilines is 1. The number of rotatable bonds is 6.